The predicted octanol–water partition coefficient (Wildman–Crippen LogP) is 5.79. The number of benzene rings is 2. The number of fused-ring (bicyclic) bond motifs is 1. The monoisotopic (exact) mass is 879 g/mol. The molecule has 1 unspecified atom stereocenters. The summed E-state index contributed by atoms with van der Waals surface area (Å²) >= 11 is 0.636. The SMILES string of the molecule is C[C@@H]1CN(CCCOC2CCC(N3C(=O)N(Sc4ccc(C#N)c(C(F)(F)F)c4)C(=O)C3(C)C)CC2)C[C@H](C)N1CC(=O)Nc1cccc2c(C3CCC(=O)NC3=O)nn(C)c12. The Hall–Kier alpha value is -5.03. The summed E-state index contributed by atoms with van der Waals surface area (Å²) in [7, 11) is 1.77. The quantitative estimate of drug-likeness (QED) is 0.0977. The molecule has 4 heterocycles. The molecule has 62 heavy (non-hydrogen) atoms. The Morgan fingerprint density at radius 2 is 1.76 bits per heavy atom. The minimum Gasteiger partial charge on any atom is -0.378 e. The molecule has 1 saturated carbocycles. The van der Waals surface area contributed by atoms with E-state index in [0.29, 0.717) is 67.6 Å². The van der Waals surface area contributed by atoms with Gasteiger partial charge in [-0.05, 0) is 102 Å². The average molecular weight is 880 g/mol. The number of halogens is 3. The van der Waals surface area contributed by atoms with Gasteiger partial charge in [-0.1, -0.05) is 12.1 Å². The number of hydrogen-bond donors (Lipinski definition) is 2. The van der Waals surface area contributed by atoms with Gasteiger partial charge in [0.1, 0.15) is 5.54 Å². The summed E-state index contributed by atoms with van der Waals surface area (Å²) in [6.45, 7) is 10.7. The van der Waals surface area contributed by atoms with Crippen LogP contribution in [0.3, 0.4) is 0 Å². The average Bonchev–Trinajstić information content (AvgIpc) is 3.63. The smallest absolute Gasteiger partial charge is 0.378 e. The third-order valence-electron chi connectivity index (χ3n) is 12.5. The lowest BCUT2D eigenvalue weighted by Crippen LogP contribution is -2.58. The molecule has 7 rings (SSSR count). The van der Waals surface area contributed by atoms with Crippen molar-refractivity contribution in [3.05, 3.63) is 53.2 Å². The molecule has 3 atom stereocenters. The number of imide groups is 2. The number of alkyl halides is 3. The molecule has 3 aromatic rings. The van der Waals surface area contributed by atoms with Crippen LogP contribution in [0.15, 0.2) is 41.3 Å². The topological polar surface area (TPSA) is 173 Å². The highest BCUT2D eigenvalue weighted by Crippen LogP contribution is 2.42. The summed E-state index contributed by atoms with van der Waals surface area (Å²) in [5.74, 6) is -1.86. The molecule has 0 radical (unpaired) electrons. The summed E-state index contributed by atoms with van der Waals surface area (Å²) < 4.78 is 49.6. The van der Waals surface area contributed by atoms with Crippen LogP contribution in [0.25, 0.3) is 10.9 Å². The number of ether oxygens (including phenoxy) is 1. The first-order chi connectivity index (χ1) is 29.4. The van der Waals surface area contributed by atoms with Gasteiger partial charge in [0.15, 0.2) is 0 Å². The van der Waals surface area contributed by atoms with Gasteiger partial charge in [-0.3, -0.25) is 34.1 Å². The molecular weight excluding hydrogens is 828 g/mol. The molecule has 4 aliphatic rings. The lowest BCUT2D eigenvalue weighted by atomic mass is 9.89. The number of carbonyl (C=O) groups excluding carboxylic acids is 5. The van der Waals surface area contributed by atoms with E-state index in [4.69, 9.17) is 10.00 Å². The van der Waals surface area contributed by atoms with Gasteiger partial charge in [0.05, 0.1) is 52.7 Å². The summed E-state index contributed by atoms with van der Waals surface area (Å²) in [5.41, 5.74) is -0.945. The van der Waals surface area contributed by atoms with Crippen LogP contribution in [-0.2, 0) is 37.1 Å². The van der Waals surface area contributed by atoms with E-state index in [2.05, 4.69) is 39.4 Å². The summed E-state index contributed by atoms with van der Waals surface area (Å²) in [4.78, 5) is 71.1. The standard InChI is InChI=1S/C43H52F3N9O6S/c1-25-22-52(23-26(2)53(25)24-36(57)48-34-9-6-8-31-37(50-51(5)38(31)34)32-16-17-35(56)49-39(32)58)18-7-19-61-29-13-11-28(12-14-29)54-41(60)55(40(59)42(54,3)4)62-30-15-10-27(21-47)33(20-30)43(44,45)46/h6,8-10,15,20,25-26,28-29,32H,7,11-14,16-19,22-24H2,1-5H3,(H,48,57)(H,49,56,58)/t25-,26+,28?,29?,32?. The van der Waals surface area contributed by atoms with Crippen molar-refractivity contribution in [2.75, 3.05) is 38.1 Å². The molecule has 15 nitrogen and oxygen atoms in total. The zero-order chi connectivity index (χ0) is 44.7. The predicted molar refractivity (Wildman–Crippen MR) is 223 cm³/mol. The van der Waals surface area contributed by atoms with E-state index in [0.717, 1.165) is 47.9 Å². The molecule has 2 aromatic carbocycles. The third kappa shape index (κ3) is 9.19. The highest BCUT2D eigenvalue weighted by molar-refractivity contribution is 7.98. The van der Waals surface area contributed by atoms with Crippen molar-refractivity contribution < 1.29 is 41.9 Å². The molecule has 4 fully saturated rings. The van der Waals surface area contributed by atoms with E-state index in [9.17, 15) is 37.1 Å². The number of rotatable bonds is 12. The normalized spacial score (nSPS) is 25.0. The molecule has 3 aliphatic heterocycles. The Morgan fingerprint density at radius 3 is 2.42 bits per heavy atom. The maximum absolute atomic E-state index is 13.6. The minimum absolute atomic E-state index is 0.00195. The van der Waals surface area contributed by atoms with Crippen LogP contribution in [0.2, 0.25) is 0 Å². The molecule has 2 N–H and O–H groups in total. The number of para-hydroxylation sites is 1. The number of hydrogen-bond acceptors (Lipinski definition) is 11. The van der Waals surface area contributed by atoms with Gasteiger partial charge in [0, 0.05) is 68.1 Å². The van der Waals surface area contributed by atoms with Gasteiger partial charge in [0.2, 0.25) is 17.7 Å². The zero-order valence-corrected chi connectivity index (χ0v) is 36.3. The maximum Gasteiger partial charge on any atom is 0.417 e. The highest BCUT2D eigenvalue weighted by atomic mass is 32.2. The minimum atomic E-state index is -4.77. The fourth-order valence-corrected chi connectivity index (χ4v) is 10.5. The summed E-state index contributed by atoms with van der Waals surface area (Å²) in [6, 6.07) is 9.64. The number of piperidine rings is 1. The number of urea groups is 1. The molecule has 1 aromatic heterocycles. The van der Waals surface area contributed by atoms with E-state index in [1.165, 1.54) is 6.07 Å². The van der Waals surface area contributed by atoms with Crippen LogP contribution in [0.5, 0.6) is 0 Å². The van der Waals surface area contributed by atoms with E-state index < -0.39 is 40.7 Å². The summed E-state index contributed by atoms with van der Waals surface area (Å²) in [6.07, 6.45) is -0.693. The number of nitrogens with zero attached hydrogens (tertiary/aromatic N) is 7. The van der Waals surface area contributed by atoms with Crippen molar-refractivity contribution >= 4 is 58.2 Å². The van der Waals surface area contributed by atoms with Gasteiger partial charge >= 0.3 is 12.2 Å². The zero-order valence-electron chi connectivity index (χ0n) is 35.5. The lowest BCUT2D eigenvalue weighted by Gasteiger charge is -2.44. The Kier molecular flexibility index (Phi) is 13.1. The molecule has 6 amide bonds. The first-order valence-electron chi connectivity index (χ1n) is 21.0. The molecule has 1 aliphatic carbocycles. The van der Waals surface area contributed by atoms with Crippen LogP contribution in [0.4, 0.5) is 23.7 Å². The van der Waals surface area contributed by atoms with Crippen molar-refractivity contribution in [2.24, 2.45) is 7.05 Å². The molecule has 0 spiro atoms. The van der Waals surface area contributed by atoms with Crippen LogP contribution in [0, 0.1) is 11.3 Å². The second-order valence-electron chi connectivity index (χ2n) is 17.3. The van der Waals surface area contributed by atoms with Crippen molar-refractivity contribution in [1.82, 2.24) is 34.1 Å². The highest BCUT2D eigenvalue weighted by Gasteiger charge is 2.55. The van der Waals surface area contributed by atoms with Gasteiger partial charge in [-0.15, -0.1) is 0 Å². The number of amides is 6. The van der Waals surface area contributed by atoms with Crippen molar-refractivity contribution in [1.29, 1.82) is 5.26 Å². The van der Waals surface area contributed by atoms with E-state index in [1.807, 2.05) is 18.2 Å². The largest absolute Gasteiger partial charge is 0.417 e. The Balaban J connectivity index is 0.849. The Morgan fingerprint density at radius 1 is 1.05 bits per heavy atom. The second kappa shape index (κ2) is 18.0. The van der Waals surface area contributed by atoms with Crippen LogP contribution in [0.1, 0.15) is 95.4 Å². The number of piperazine rings is 1. The first kappa shape index (κ1) is 45.0. The number of anilines is 1. The van der Waals surface area contributed by atoms with Gasteiger partial charge in [-0.25, -0.2) is 4.79 Å². The fourth-order valence-electron chi connectivity index (χ4n) is 9.49. The van der Waals surface area contributed by atoms with Gasteiger partial charge in [0.25, 0.3) is 5.91 Å². The number of carbonyl (C=O) groups is 5. The number of nitrogens with one attached hydrogen (secondary N) is 2. The summed E-state index contributed by atoms with van der Waals surface area (Å²) in [5, 5.41) is 20.0. The van der Waals surface area contributed by atoms with E-state index in [-0.39, 0.29) is 59.8 Å². The van der Waals surface area contributed by atoms with Crippen molar-refractivity contribution in [3.8, 4) is 6.07 Å². The Labute approximate surface area is 362 Å². The number of aromatic nitrogens is 2. The Bertz CT molecular complexity index is 2280. The van der Waals surface area contributed by atoms with Crippen molar-refractivity contribution in [2.45, 2.75) is 119 Å². The number of nitriles is 1. The molecule has 3 saturated heterocycles. The molecular formula is C43H52F3N9O6S. The fraction of sp³-hybridized carbons (Fsp3) is 0.558. The molecule has 0 bridgehead atoms. The van der Waals surface area contributed by atoms with Crippen LogP contribution >= 0.6 is 11.9 Å². The number of aryl methyl sites for hydroxylation is 1. The van der Waals surface area contributed by atoms with E-state index >= 15 is 0 Å². The van der Waals surface area contributed by atoms with Gasteiger partial charge in [-0.2, -0.15) is 27.8 Å². The molecule has 19 heteroatoms. The molecule has 332 valence electrons. The van der Waals surface area contributed by atoms with Crippen LogP contribution < -0.4 is 10.6 Å². The van der Waals surface area contributed by atoms with Gasteiger partial charge < -0.3 is 19.9 Å². The first-order valence-corrected chi connectivity index (χ1v) is 21.8. The van der Waals surface area contributed by atoms with E-state index in [1.54, 1.807) is 36.5 Å². The van der Waals surface area contributed by atoms with Crippen LogP contribution in [-0.4, -0.2) is 121 Å². The maximum atomic E-state index is 13.6. The van der Waals surface area contributed by atoms with Crippen molar-refractivity contribution in [3.63, 3.8) is 0 Å². The lowest BCUT2D eigenvalue weighted by molar-refractivity contribution is -0.138. The third-order valence-corrected chi connectivity index (χ3v) is 13.5. The second-order valence-corrected chi connectivity index (χ2v) is 18.3.